The Labute approximate surface area is 173 Å². The topological polar surface area (TPSA) is 114 Å². The van der Waals surface area contributed by atoms with Crippen LogP contribution in [0.2, 0.25) is 0 Å². The molecule has 3 aromatic rings. The van der Waals surface area contributed by atoms with Crippen LogP contribution in [0.4, 0.5) is 5.95 Å². The molecule has 9 heteroatoms. The number of carbonyl (C=O) groups is 2. The molecule has 152 valence electrons. The first-order valence-electron chi connectivity index (χ1n) is 9.75. The summed E-state index contributed by atoms with van der Waals surface area (Å²) in [5, 5.41) is 2.79. The molecule has 0 spiro atoms. The molecule has 2 amide bonds. The lowest BCUT2D eigenvalue weighted by Crippen LogP contribution is -2.41. The van der Waals surface area contributed by atoms with Crippen molar-refractivity contribution < 1.29 is 9.59 Å². The molecule has 0 bridgehead atoms. The summed E-state index contributed by atoms with van der Waals surface area (Å²) in [6, 6.07) is 10.7. The summed E-state index contributed by atoms with van der Waals surface area (Å²) in [5.74, 6) is 0.638. The van der Waals surface area contributed by atoms with E-state index in [-0.39, 0.29) is 23.7 Å². The maximum absolute atomic E-state index is 12.7. The third-order valence-electron chi connectivity index (χ3n) is 4.91. The van der Waals surface area contributed by atoms with Crippen LogP contribution >= 0.6 is 0 Å². The third-order valence-corrected chi connectivity index (χ3v) is 4.91. The molecule has 0 saturated carbocycles. The van der Waals surface area contributed by atoms with Gasteiger partial charge in [0.05, 0.1) is 0 Å². The number of carbonyl (C=O) groups excluding carboxylic acids is 2. The smallest absolute Gasteiger partial charge is 0.272 e. The standard InChI is InChI=1S/C21H21N7O2/c1-14-24-18(16-6-2-4-10-22-16)26-21(25-14)27-19(29)15-8-12-28(13-9-15)20(30)17-7-3-5-11-23-17/h2-7,10-11,15H,8-9,12-13H2,1H3,(H,24,25,26,27,29). The van der Waals surface area contributed by atoms with Crippen molar-refractivity contribution in [3.63, 3.8) is 0 Å². The number of hydrogen-bond donors (Lipinski definition) is 1. The number of nitrogens with zero attached hydrogens (tertiary/aromatic N) is 6. The molecule has 4 heterocycles. The van der Waals surface area contributed by atoms with Gasteiger partial charge in [-0.25, -0.2) is 4.98 Å². The van der Waals surface area contributed by atoms with Crippen LogP contribution in [-0.4, -0.2) is 54.7 Å². The first-order chi connectivity index (χ1) is 14.6. The Kier molecular flexibility index (Phi) is 5.69. The van der Waals surface area contributed by atoms with E-state index in [0.717, 1.165) is 0 Å². The second kappa shape index (κ2) is 8.73. The summed E-state index contributed by atoms with van der Waals surface area (Å²) in [6.07, 6.45) is 4.40. The summed E-state index contributed by atoms with van der Waals surface area (Å²) >= 11 is 0. The maximum atomic E-state index is 12.7. The first-order valence-corrected chi connectivity index (χ1v) is 9.75. The van der Waals surface area contributed by atoms with E-state index < -0.39 is 0 Å². The number of hydrogen-bond acceptors (Lipinski definition) is 7. The van der Waals surface area contributed by atoms with Crippen molar-refractivity contribution >= 4 is 17.8 Å². The molecule has 0 aliphatic carbocycles. The number of aromatic nitrogens is 5. The highest BCUT2D eigenvalue weighted by atomic mass is 16.2. The SMILES string of the molecule is Cc1nc(NC(=O)C2CCN(C(=O)c3ccccn3)CC2)nc(-c2ccccn2)n1. The molecule has 3 aromatic heterocycles. The highest BCUT2D eigenvalue weighted by Crippen LogP contribution is 2.21. The molecule has 1 saturated heterocycles. The van der Waals surface area contributed by atoms with Gasteiger partial charge in [-0.15, -0.1) is 0 Å². The molecule has 4 rings (SSSR count). The van der Waals surface area contributed by atoms with E-state index >= 15 is 0 Å². The van der Waals surface area contributed by atoms with Crippen LogP contribution in [0.15, 0.2) is 48.8 Å². The van der Waals surface area contributed by atoms with Gasteiger partial charge in [-0.2, -0.15) is 9.97 Å². The predicted octanol–water partition coefficient (Wildman–Crippen LogP) is 2.13. The Morgan fingerprint density at radius 3 is 2.37 bits per heavy atom. The van der Waals surface area contributed by atoms with Gasteiger partial charge < -0.3 is 4.90 Å². The number of rotatable bonds is 4. The van der Waals surface area contributed by atoms with Crippen LogP contribution in [0.25, 0.3) is 11.5 Å². The number of nitrogens with one attached hydrogen (secondary N) is 1. The van der Waals surface area contributed by atoms with Crippen molar-refractivity contribution in [2.24, 2.45) is 5.92 Å². The molecule has 0 radical (unpaired) electrons. The van der Waals surface area contributed by atoms with Gasteiger partial charge in [-0.1, -0.05) is 12.1 Å². The zero-order valence-corrected chi connectivity index (χ0v) is 16.5. The fourth-order valence-corrected chi connectivity index (χ4v) is 3.36. The van der Waals surface area contributed by atoms with E-state index in [4.69, 9.17) is 0 Å². The largest absolute Gasteiger partial charge is 0.337 e. The molecular weight excluding hydrogens is 382 g/mol. The van der Waals surface area contributed by atoms with Crippen LogP contribution in [0.5, 0.6) is 0 Å². The van der Waals surface area contributed by atoms with Crippen molar-refractivity contribution in [3.05, 3.63) is 60.3 Å². The van der Waals surface area contributed by atoms with Crippen LogP contribution in [0.3, 0.4) is 0 Å². The Morgan fingerprint density at radius 2 is 1.70 bits per heavy atom. The second-order valence-corrected chi connectivity index (χ2v) is 7.02. The number of amides is 2. The first kappa shape index (κ1) is 19.6. The molecule has 0 unspecified atom stereocenters. The lowest BCUT2D eigenvalue weighted by molar-refractivity contribution is -0.121. The zero-order chi connectivity index (χ0) is 20.9. The lowest BCUT2D eigenvalue weighted by atomic mass is 9.95. The lowest BCUT2D eigenvalue weighted by Gasteiger charge is -2.31. The minimum atomic E-state index is -0.215. The summed E-state index contributed by atoms with van der Waals surface area (Å²) < 4.78 is 0. The zero-order valence-electron chi connectivity index (χ0n) is 16.5. The van der Waals surface area contributed by atoms with E-state index in [0.29, 0.717) is 49.0 Å². The fourth-order valence-electron chi connectivity index (χ4n) is 3.36. The third kappa shape index (κ3) is 4.45. The van der Waals surface area contributed by atoms with Gasteiger partial charge in [0.15, 0.2) is 5.82 Å². The molecule has 0 atom stereocenters. The van der Waals surface area contributed by atoms with Gasteiger partial charge in [-0.3, -0.25) is 24.9 Å². The number of piperidine rings is 1. The predicted molar refractivity (Wildman–Crippen MR) is 109 cm³/mol. The minimum absolute atomic E-state index is 0.109. The molecule has 30 heavy (non-hydrogen) atoms. The normalized spacial score (nSPS) is 14.4. The van der Waals surface area contributed by atoms with E-state index in [1.165, 1.54) is 0 Å². The highest BCUT2D eigenvalue weighted by Gasteiger charge is 2.28. The average molecular weight is 403 g/mol. The Hall–Kier alpha value is -3.75. The van der Waals surface area contributed by atoms with Crippen molar-refractivity contribution in [3.8, 4) is 11.5 Å². The summed E-state index contributed by atoms with van der Waals surface area (Å²) in [6.45, 7) is 2.75. The van der Waals surface area contributed by atoms with E-state index in [1.807, 2.05) is 12.1 Å². The van der Waals surface area contributed by atoms with E-state index in [2.05, 4.69) is 30.2 Å². The molecule has 1 aliphatic rings. The average Bonchev–Trinajstić information content (AvgIpc) is 2.79. The summed E-state index contributed by atoms with van der Waals surface area (Å²) in [5.41, 5.74) is 1.03. The van der Waals surface area contributed by atoms with Crippen LogP contribution in [0, 0.1) is 12.8 Å². The van der Waals surface area contributed by atoms with Gasteiger partial charge in [0.1, 0.15) is 17.2 Å². The minimum Gasteiger partial charge on any atom is -0.337 e. The molecule has 1 aliphatic heterocycles. The van der Waals surface area contributed by atoms with Crippen LogP contribution in [0.1, 0.15) is 29.2 Å². The quantitative estimate of drug-likeness (QED) is 0.710. The van der Waals surface area contributed by atoms with Gasteiger partial charge >= 0.3 is 0 Å². The molecule has 1 fully saturated rings. The van der Waals surface area contributed by atoms with E-state index in [1.54, 1.807) is 48.5 Å². The fraction of sp³-hybridized carbons (Fsp3) is 0.286. The van der Waals surface area contributed by atoms with Gasteiger partial charge in [0.2, 0.25) is 11.9 Å². The van der Waals surface area contributed by atoms with Gasteiger partial charge in [0.25, 0.3) is 5.91 Å². The van der Waals surface area contributed by atoms with Crippen molar-refractivity contribution in [2.45, 2.75) is 19.8 Å². The Morgan fingerprint density at radius 1 is 0.967 bits per heavy atom. The van der Waals surface area contributed by atoms with Crippen LogP contribution in [-0.2, 0) is 4.79 Å². The maximum Gasteiger partial charge on any atom is 0.272 e. The number of pyridine rings is 2. The van der Waals surface area contributed by atoms with Gasteiger partial charge in [-0.05, 0) is 44.0 Å². The van der Waals surface area contributed by atoms with Crippen LogP contribution < -0.4 is 5.32 Å². The van der Waals surface area contributed by atoms with Gasteiger partial charge in [0, 0.05) is 31.4 Å². The molecular formula is C21H21N7O2. The van der Waals surface area contributed by atoms with Crippen molar-refractivity contribution in [1.82, 2.24) is 29.8 Å². The van der Waals surface area contributed by atoms with Crippen molar-refractivity contribution in [1.29, 1.82) is 0 Å². The monoisotopic (exact) mass is 403 g/mol. The van der Waals surface area contributed by atoms with Crippen molar-refractivity contribution in [2.75, 3.05) is 18.4 Å². The number of likely N-dealkylation sites (tertiary alicyclic amines) is 1. The summed E-state index contributed by atoms with van der Waals surface area (Å²) in [4.78, 5) is 48.2. The molecule has 1 N–H and O–H groups in total. The second-order valence-electron chi connectivity index (χ2n) is 7.02. The summed E-state index contributed by atoms with van der Waals surface area (Å²) in [7, 11) is 0. The van der Waals surface area contributed by atoms with E-state index in [9.17, 15) is 9.59 Å². The number of aryl methyl sites for hydroxylation is 1. The molecule has 9 nitrogen and oxygen atoms in total. The Bertz CT molecular complexity index is 1040. The highest BCUT2D eigenvalue weighted by molar-refractivity contribution is 5.93. The Balaban J connectivity index is 1.38. The number of anilines is 1. The molecule has 0 aromatic carbocycles.